The summed E-state index contributed by atoms with van der Waals surface area (Å²) in [5, 5.41) is 0. The van der Waals surface area contributed by atoms with E-state index in [-0.39, 0.29) is 11.0 Å². The molecule has 1 aliphatic rings. The monoisotopic (exact) mass is 379 g/mol. The molecule has 1 heterocycles. The maximum Gasteiger partial charge on any atom is 0.416 e. The molecule has 138 valence electrons. The van der Waals surface area contributed by atoms with Gasteiger partial charge in [-0.3, -0.25) is 0 Å². The molecule has 1 aromatic heterocycles. The lowest BCUT2D eigenvalue weighted by atomic mass is 9.80. The van der Waals surface area contributed by atoms with Crippen molar-refractivity contribution in [2.75, 3.05) is 0 Å². The summed E-state index contributed by atoms with van der Waals surface area (Å²) in [5.74, 6) is 0.342. The lowest BCUT2D eigenvalue weighted by molar-refractivity contribution is -0.137. The highest BCUT2D eigenvalue weighted by Crippen LogP contribution is 2.42. The summed E-state index contributed by atoms with van der Waals surface area (Å²) >= 11 is 0. The van der Waals surface area contributed by atoms with Crippen LogP contribution in [0.25, 0.3) is 11.0 Å². The van der Waals surface area contributed by atoms with Gasteiger partial charge in [0.15, 0.2) is 0 Å². The van der Waals surface area contributed by atoms with E-state index in [1.165, 1.54) is 9.24 Å². The summed E-state index contributed by atoms with van der Waals surface area (Å²) in [6.45, 7) is 0. The Morgan fingerprint density at radius 1 is 1.12 bits per heavy atom. The number of hydrogen-bond donors (Lipinski definition) is 2. The van der Waals surface area contributed by atoms with Gasteiger partial charge in [-0.05, 0) is 25.0 Å². The van der Waals surface area contributed by atoms with Crippen LogP contribution < -0.4 is 5.73 Å². The molecule has 0 aliphatic heterocycles. The molecule has 25 heavy (non-hydrogen) atoms. The molecule has 3 nitrogen and oxygen atoms in total. The number of aromatic amines is 1. The van der Waals surface area contributed by atoms with E-state index in [0.717, 1.165) is 38.2 Å². The fourth-order valence-electron chi connectivity index (χ4n) is 3.44. The number of aromatic nitrogens is 2. The van der Waals surface area contributed by atoms with Crippen molar-refractivity contribution in [1.29, 1.82) is 0 Å². The molecule has 1 saturated carbocycles. The predicted molar refractivity (Wildman–Crippen MR) is 88.4 cm³/mol. The second kappa shape index (κ2) is 6.16. The average molecular weight is 379 g/mol. The van der Waals surface area contributed by atoms with Gasteiger partial charge in [0.2, 0.25) is 0 Å². The van der Waals surface area contributed by atoms with Gasteiger partial charge in [0.1, 0.15) is 5.82 Å². The van der Waals surface area contributed by atoms with Crippen LogP contribution in [0.5, 0.6) is 0 Å². The van der Waals surface area contributed by atoms with Crippen molar-refractivity contribution in [1.82, 2.24) is 9.97 Å². The Bertz CT molecular complexity index is 772. The molecular formula is C16H19F5N3P. The molecule has 0 bridgehead atoms. The van der Waals surface area contributed by atoms with Crippen LogP contribution in [0.15, 0.2) is 12.1 Å². The van der Waals surface area contributed by atoms with E-state index in [2.05, 4.69) is 9.97 Å². The van der Waals surface area contributed by atoms with Crippen LogP contribution in [0.2, 0.25) is 0 Å². The molecule has 1 fully saturated rings. The highest BCUT2D eigenvalue weighted by Gasteiger charge is 2.37. The number of H-pyrrole nitrogens is 1. The molecule has 9 heteroatoms. The van der Waals surface area contributed by atoms with Gasteiger partial charge in [-0.15, -0.1) is 0 Å². The summed E-state index contributed by atoms with van der Waals surface area (Å²) in [5.41, 5.74) is 0.228. The molecule has 0 saturated heterocycles. The van der Waals surface area contributed by atoms with Gasteiger partial charge in [0, 0.05) is 12.0 Å². The summed E-state index contributed by atoms with van der Waals surface area (Å²) in [7, 11) is 1.27. The van der Waals surface area contributed by atoms with Gasteiger partial charge in [-0.1, -0.05) is 28.5 Å². The number of benzene rings is 1. The Morgan fingerprint density at radius 3 is 2.32 bits per heavy atom. The van der Waals surface area contributed by atoms with Crippen molar-refractivity contribution >= 4 is 20.3 Å². The van der Waals surface area contributed by atoms with Crippen molar-refractivity contribution in [2.45, 2.75) is 55.9 Å². The highest BCUT2D eigenvalue weighted by atomic mass is 31.0. The third-order valence-electron chi connectivity index (χ3n) is 4.69. The molecule has 1 aromatic carbocycles. The van der Waals surface area contributed by atoms with E-state index >= 15 is 0 Å². The molecule has 0 radical (unpaired) electrons. The first kappa shape index (κ1) is 18.5. The number of alkyl halides is 5. The number of imidazole rings is 1. The molecule has 0 spiro atoms. The fourth-order valence-corrected chi connectivity index (χ4v) is 3.66. The normalized spacial score (nSPS) is 18.7. The summed E-state index contributed by atoms with van der Waals surface area (Å²) in [6, 6.07) is 1.27. The van der Waals surface area contributed by atoms with Crippen molar-refractivity contribution in [3.63, 3.8) is 0 Å². The van der Waals surface area contributed by atoms with Gasteiger partial charge in [0.25, 0.3) is 5.66 Å². The van der Waals surface area contributed by atoms with E-state index in [1.54, 1.807) is 0 Å². The van der Waals surface area contributed by atoms with Crippen LogP contribution in [-0.4, -0.2) is 15.5 Å². The molecular weight excluding hydrogens is 360 g/mol. The SMILES string of the molecule is NC1(Cc2nc3c(C(F)(F)P)cc(C(F)(F)F)cc3[nH]2)CCCCC1. The van der Waals surface area contributed by atoms with Gasteiger partial charge in [0.05, 0.1) is 22.2 Å². The number of halogens is 5. The van der Waals surface area contributed by atoms with E-state index < -0.39 is 28.5 Å². The second-order valence-corrected chi connectivity index (χ2v) is 7.55. The number of rotatable bonds is 3. The van der Waals surface area contributed by atoms with E-state index in [4.69, 9.17) is 5.73 Å². The number of fused-ring (bicyclic) bond motifs is 1. The number of nitrogens with one attached hydrogen (secondary N) is 1. The lowest BCUT2D eigenvalue weighted by Crippen LogP contribution is -2.44. The average Bonchev–Trinajstić information content (AvgIpc) is 2.86. The number of nitrogens with two attached hydrogens (primary N) is 1. The zero-order valence-corrected chi connectivity index (χ0v) is 14.5. The summed E-state index contributed by atoms with van der Waals surface area (Å²) in [4.78, 5) is 6.90. The van der Waals surface area contributed by atoms with Gasteiger partial charge in [-0.2, -0.15) is 22.0 Å². The maximum absolute atomic E-state index is 13.8. The van der Waals surface area contributed by atoms with Crippen LogP contribution in [-0.2, 0) is 18.3 Å². The van der Waals surface area contributed by atoms with Crippen LogP contribution in [0.1, 0.15) is 49.1 Å². The zero-order valence-electron chi connectivity index (χ0n) is 13.4. The smallest absolute Gasteiger partial charge is 0.342 e. The second-order valence-electron chi connectivity index (χ2n) is 6.82. The third kappa shape index (κ3) is 3.95. The van der Waals surface area contributed by atoms with Gasteiger partial charge >= 0.3 is 6.18 Å². The van der Waals surface area contributed by atoms with Crippen LogP contribution >= 0.6 is 9.24 Å². The molecule has 0 amide bonds. The first-order valence-corrected chi connectivity index (χ1v) is 8.62. The van der Waals surface area contributed by atoms with Crippen molar-refractivity contribution in [3.05, 3.63) is 29.1 Å². The fraction of sp³-hybridized carbons (Fsp3) is 0.562. The molecule has 3 rings (SSSR count). The molecule has 2 aromatic rings. The minimum Gasteiger partial charge on any atom is -0.342 e. The Hall–Kier alpha value is -1.27. The van der Waals surface area contributed by atoms with Crippen molar-refractivity contribution < 1.29 is 22.0 Å². The Labute approximate surface area is 143 Å². The van der Waals surface area contributed by atoms with Crippen molar-refractivity contribution in [3.8, 4) is 0 Å². The number of hydrogen-bond acceptors (Lipinski definition) is 2. The minimum atomic E-state index is -4.72. The molecule has 1 unspecified atom stereocenters. The molecule has 1 atom stereocenters. The van der Waals surface area contributed by atoms with Crippen molar-refractivity contribution in [2.24, 2.45) is 5.73 Å². The predicted octanol–water partition coefficient (Wildman–Crippen LogP) is 4.71. The summed E-state index contributed by atoms with van der Waals surface area (Å²) < 4.78 is 66.7. The molecule has 1 aliphatic carbocycles. The van der Waals surface area contributed by atoms with Crippen LogP contribution in [0.3, 0.4) is 0 Å². The van der Waals surface area contributed by atoms with E-state index in [1.807, 2.05) is 0 Å². The number of nitrogens with zero attached hydrogens (tertiary/aromatic N) is 1. The van der Waals surface area contributed by atoms with E-state index in [0.29, 0.717) is 18.3 Å². The topological polar surface area (TPSA) is 54.7 Å². The Kier molecular flexibility index (Phi) is 4.57. The zero-order chi connectivity index (χ0) is 18.5. The van der Waals surface area contributed by atoms with Gasteiger partial charge in [-0.25, -0.2) is 4.98 Å². The Balaban J connectivity index is 2.06. The highest BCUT2D eigenvalue weighted by molar-refractivity contribution is 7.17. The maximum atomic E-state index is 13.8. The van der Waals surface area contributed by atoms with E-state index in [9.17, 15) is 22.0 Å². The Morgan fingerprint density at radius 2 is 1.76 bits per heavy atom. The first-order chi connectivity index (χ1) is 11.5. The van der Waals surface area contributed by atoms with Crippen LogP contribution in [0.4, 0.5) is 22.0 Å². The quantitative estimate of drug-likeness (QED) is 0.600. The summed E-state index contributed by atoms with van der Waals surface area (Å²) in [6.07, 6.45) is 0.216. The molecule has 3 N–H and O–H groups in total. The minimum absolute atomic E-state index is 0.0543. The third-order valence-corrected chi connectivity index (χ3v) is 5.00. The first-order valence-electron chi connectivity index (χ1n) is 8.04. The standard InChI is InChI=1S/C16H19F5N3P/c17-15(18,19)9-6-10(16(20,21)25)13-11(7-9)23-12(24-13)8-14(22)4-2-1-3-5-14/h6-7H,1-5,8,22,25H2,(H,23,24). The van der Waals surface area contributed by atoms with Gasteiger partial charge < -0.3 is 10.7 Å². The largest absolute Gasteiger partial charge is 0.416 e. The lowest BCUT2D eigenvalue weighted by Gasteiger charge is -2.32. The van der Waals surface area contributed by atoms with Crippen LogP contribution in [0, 0.1) is 0 Å².